The zero-order valence-electron chi connectivity index (χ0n) is 8.35. The Morgan fingerprint density at radius 1 is 1.50 bits per heavy atom. The molecule has 0 saturated heterocycles. The van der Waals surface area contributed by atoms with Crippen LogP contribution in [0.1, 0.15) is 33.6 Å². The third-order valence-corrected chi connectivity index (χ3v) is 1.72. The normalized spacial score (nSPS) is 10.4. The Morgan fingerprint density at radius 2 is 2.17 bits per heavy atom. The van der Waals surface area contributed by atoms with Crippen LogP contribution in [0.4, 0.5) is 0 Å². The molecule has 0 aliphatic rings. The molecule has 12 heavy (non-hydrogen) atoms. The van der Waals surface area contributed by atoms with Gasteiger partial charge in [0.25, 0.3) is 0 Å². The van der Waals surface area contributed by atoms with Crippen molar-refractivity contribution in [3.05, 3.63) is 41.7 Å². The quantitative estimate of drug-likeness (QED) is 0.333. The average Bonchev–Trinajstić information content (AvgIpc) is 2.10. The summed E-state index contributed by atoms with van der Waals surface area (Å²) in [5, 5.41) is 0. The third kappa shape index (κ3) is 4.00. The molecule has 0 saturated carbocycles. The second-order valence-corrected chi connectivity index (χ2v) is 2.69. The van der Waals surface area contributed by atoms with Crippen molar-refractivity contribution < 1.29 is 0 Å². The highest BCUT2D eigenvalue weighted by atomic mass is 14.0. The van der Waals surface area contributed by atoms with Crippen LogP contribution in [-0.2, 0) is 0 Å². The summed E-state index contributed by atoms with van der Waals surface area (Å²) in [6.45, 7) is 9.97. The van der Waals surface area contributed by atoms with E-state index in [0.29, 0.717) is 0 Å². The minimum atomic E-state index is 0.937. The topological polar surface area (TPSA) is 0 Å². The fourth-order valence-electron chi connectivity index (χ4n) is 0.991. The van der Waals surface area contributed by atoms with Crippen LogP contribution < -0.4 is 0 Å². The van der Waals surface area contributed by atoms with Crippen LogP contribution in [0.2, 0.25) is 0 Å². The van der Waals surface area contributed by atoms with Crippen molar-refractivity contribution >= 4 is 0 Å². The second kappa shape index (κ2) is 6.69. The molecule has 0 bridgehead atoms. The van der Waals surface area contributed by atoms with Gasteiger partial charge in [-0.3, -0.25) is 0 Å². The molecule has 0 nitrogen and oxygen atoms in total. The smallest absolute Gasteiger partial charge is 0.00629 e. The van der Waals surface area contributed by atoms with Crippen LogP contribution in [0.5, 0.6) is 0 Å². The highest BCUT2D eigenvalue weighted by Gasteiger charge is 1.93. The number of hydrogen-bond donors (Lipinski definition) is 0. The Bertz CT molecular complexity index is 222. The van der Waals surface area contributed by atoms with Crippen molar-refractivity contribution in [2.45, 2.75) is 33.6 Å². The van der Waals surface area contributed by atoms with E-state index in [0.717, 1.165) is 12.8 Å². The molecule has 0 heterocycles. The van der Waals surface area contributed by atoms with E-state index in [2.05, 4.69) is 45.2 Å². The molecule has 0 rings (SSSR count). The van der Waals surface area contributed by atoms with Crippen LogP contribution in [0.15, 0.2) is 41.7 Å². The lowest BCUT2D eigenvalue weighted by Crippen LogP contribution is -1.81. The fraction of sp³-hybridized carbons (Fsp3) is 0.417. The van der Waals surface area contributed by atoms with Crippen molar-refractivity contribution in [3.8, 4) is 0 Å². The Morgan fingerprint density at radius 3 is 2.58 bits per heavy atom. The monoisotopic (exact) mass is 162 g/mol. The second-order valence-electron chi connectivity index (χ2n) is 2.69. The van der Waals surface area contributed by atoms with E-state index >= 15 is 0 Å². The summed E-state index contributed by atoms with van der Waals surface area (Å²) in [6.07, 6.45) is 8.08. The largest absolute Gasteiger partial charge is 0.122 e. The first kappa shape index (κ1) is 11.0. The van der Waals surface area contributed by atoms with Crippen molar-refractivity contribution in [2.24, 2.45) is 0 Å². The molecular formula is C12H18. The lowest BCUT2D eigenvalue weighted by atomic mass is 10.1. The molecule has 0 aromatic rings. The number of rotatable bonds is 4. The predicted octanol–water partition coefficient (Wildman–Crippen LogP) is 4.02. The summed E-state index contributed by atoms with van der Waals surface area (Å²) < 4.78 is 0. The lowest BCUT2D eigenvalue weighted by molar-refractivity contribution is 1.19. The first-order chi connectivity index (χ1) is 5.76. The average molecular weight is 162 g/mol. The molecule has 0 heteroatoms. The lowest BCUT2D eigenvalue weighted by Gasteiger charge is -1.99. The maximum absolute atomic E-state index is 3.72. The molecular weight excluding hydrogens is 144 g/mol. The van der Waals surface area contributed by atoms with Crippen LogP contribution in [0.25, 0.3) is 0 Å². The molecule has 0 aromatic heterocycles. The highest BCUT2D eigenvalue weighted by molar-refractivity contribution is 5.29. The molecule has 0 amide bonds. The van der Waals surface area contributed by atoms with Crippen LogP contribution in [0.3, 0.4) is 0 Å². The molecule has 0 aromatic carbocycles. The van der Waals surface area contributed by atoms with Crippen molar-refractivity contribution in [1.82, 2.24) is 0 Å². The first-order valence-electron chi connectivity index (χ1n) is 4.44. The van der Waals surface area contributed by atoms with Gasteiger partial charge < -0.3 is 0 Å². The molecule has 0 aliphatic carbocycles. The van der Waals surface area contributed by atoms with E-state index in [9.17, 15) is 0 Å². The number of hydrogen-bond acceptors (Lipinski definition) is 0. The Labute approximate surface area is 76.0 Å². The Kier molecular flexibility index (Phi) is 6.14. The van der Waals surface area contributed by atoms with Gasteiger partial charge in [0.15, 0.2) is 0 Å². The van der Waals surface area contributed by atoms with Crippen LogP contribution >= 0.6 is 0 Å². The minimum Gasteiger partial charge on any atom is -0.122 e. The minimum absolute atomic E-state index is 0.937. The van der Waals surface area contributed by atoms with Crippen molar-refractivity contribution in [3.63, 3.8) is 0 Å². The first-order valence-corrected chi connectivity index (χ1v) is 4.44. The predicted molar refractivity (Wildman–Crippen MR) is 56.1 cm³/mol. The van der Waals surface area contributed by atoms with Gasteiger partial charge in [0, 0.05) is 0 Å². The van der Waals surface area contributed by atoms with Crippen molar-refractivity contribution in [1.29, 1.82) is 0 Å². The third-order valence-electron chi connectivity index (χ3n) is 1.72. The van der Waals surface area contributed by atoms with Gasteiger partial charge in [-0.05, 0) is 43.9 Å². The van der Waals surface area contributed by atoms with Crippen molar-refractivity contribution in [2.75, 3.05) is 0 Å². The summed E-state index contributed by atoms with van der Waals surface area (Å²) in [5.74, 6) is 0. The van der Waals surface area contributed by atoms with E-state index in [1.165, 1.54) is 11.1 Å². The van der Waals surface area contributed by atoms with Crippen LogP contribution in [-0.4, -0.2) is 0 Å². The highest BCUT2D eigenvalue weighted by Crippen LogP contribution is 2.12. The van der Waals surface area contributed by atoms with E-state index in [4.69, 9.17) is 0 Å². The zero-order valence-corrected chi connectivity index (χ0v) is 8.35. The standard InChI is InChI=1S/C12H18/c1-5-8-10-11(4)12(7-3)9-6-2/h6-8H,2,5,9H2,1,3-4H3. The molecule has 0 aliphatic heterocycles. The van der Waals surface area contributed by atoms with Gasteiger partial charge in [0.2, 0.25) is 0 Å². The van der Waals surface area contributed by atoms with Crippen LogP contribution in [0, 0.1) is 0 Å². The SMILES string of the molecule is C=CCC(=CC)C(C)=C=CCC. The summed E-state index contributed by atoms with van der Waals surface area (Å²) in [5.41, 5.74) is 5.78. The van der Waals surface area contributed by atoms with Gasteiger partial charge >= 0.3 is 0 Å². The van der Waals surface area contributed by atoms with Gasteiger partial charge in [-0.15, -0.1) is 12.3 Å². The van der Waals surface area contributed by atoms with E-state index in [1.54, 1.807) is 0 Å². The summed E-state index contributed by atoms with van der Waals surface area (Å²) >= 11 is 0. The molecule has 0 atom stereocenters. The van der Waals surface area contributed by atoms with Gasteiger partial charge in [0.05, 0.1) is 0 Å². The molecule has 66 valence electrons. The summed E-state index contributed by atoms with van der Waals surface area (Å²) in [6, 6.07) is 0. The Hall–Kier alpha value is -1.00. The van der Waals surface area contributed by atoms with E-state index in [-0.39, 0.29) is 0 Å². The fourth-order valence-corrected chi connectivity index (χ4v) is 0.991. The van der Waals surface area contributed by atoms with Gasteiger partial charge in [0.1, 0.15) is 0 Å². The maximum atomic E-state index is 3.72. The molecule has 0 spiro atoms. The molecule has 0 N–H and O–H groups in total. The van der Waals surface area contributed by atoms with E-state index in [1.807, 2.05) is 6.08 Å². The maximum Gasteiger partial charge on any atom is -0.00629 e. The van der Waals surface area contributed by atoms with E-state index < -0.39 is 0 Å². The molecule has 0 radical (unpaired) electrons. The summed E-state index contributed by atoms with van der Waals surface area (Å²) in [7, 11) is 0. The van der Waals surface area contributed by atoms with Gasteiger partial charge in [-0.2, -0.15) is 0 Å². The Balaban J connectivity index is 4.53. The van der Waals surface area contributed by atoms with Gasteiger partial charge in [-0.25, -0.2) is 0 Å². The molecule has 0 unspecified atom stereocenters. The van der Waals surface area contributed by atoms with Gasteiger partial charge in [-0.1, -0.05) is 19.1 Å². The number of allylic oxidation sites excluding steroid dienone is 4. The zero-order chi connectivity index (χ0) is 9.40. The molecule has 0 fully saturated rings. The summed E-state index contributed by atoms with van der Waals surface area (Å²) in [4.78, 5) is 0.